The molecule has 2 unspecified atom stereocenters. The highest BCUT2D eigenvalue weighted by Crippen LogP contribution is 2.38. The summed E-state index contributed by atoms with van der Waals surface area (Å²) in [6.45, 7) is 2.52. The van der Waals surface area contributed by atoms with E-state index < -0.39 is 6.04 Å². The van der Waals surface area contributed by atoms with Crippen molar-refractivity contribution in [2.75, 3.05) is 19.0 Å². The van der Waals surface area contributed by atoms with E-state index >= 15 is 0 Å². The molecule has 2 aromatic heterocycles. The Morgan fingerprint density at radius 1 is 1.33 bits per heavy atom. The van der Waals surface area contributed by atoms with E-state index in [4.69, 9.17) is 20.9 Å². The van der Waals surface area contributed by atoms with Crippen molar-refractivity contribution in [2.45, 2.75) is 38.3 Å². The summed E-state index contributed by atoms with van der Waals surface area (Å²) in [7, 11) is 1.62. The maximum atomic E-state index is 13.8. The van der Waals surface area contributed by atoms with Crippen LogP contribution >= 0.6 is 22.9 Å². The van der Waals surface area contributed by atoms with Crippen LogP contribution in [0.2, 0.25) is 4.34 Å². The standard InChI is InChI=1S/C22H24ClN3O3S/c1-14-12-17(25-29-14)21(24-15-6-5-7-16(13-15)28-2)22(27)26-11-4-3-8-18(26)19-9-10-20(23)30-19/h5-7,9-10,12-13,18,21,24H,3-4,8,11H2,1-2H3. The van der Waals surface area contributed by atoms with E-state index in [1.807, 2.05) is 48.2 Å². The monoisotopic (exact) mass is 445 g/mol. The van der Waals surface area contributed by atoms with Gasteiger partial charge in [0.15, 0.2) is 6.04 Å². The Kier molecular flexibility index (Phi) is 6.29. The fourth-order valence-corrected chi connectivity index (χ4v) is 5.04. The molecule has 1 fully saturated rings. The molecular formula is C22H24ClN3O3S. The first-order chi connectivity index (χ1) is 14.5. The lowest BCUT2D eigenvalue weighted by Crippen LogP contribution is -2.43. The Balaban J connectivity index is 1.65. The zero-order valence-electron chi connectivity index (χ0n) is 16.9. The number of nitrogens with zero attached hydrogens (tertiary/aromatic N) is 2. The fraction of sp³-hybridized carbons (Fsp3) is 0.364. The number of carbonyl (C=O) groups is 1. The zero-order chi connectivity index (χ0) is 21.1. The van der Waals surface area contributed by atoms with Crippen molar-refractivity contribution in [3.63, 3.8) is 0 Å². The number of aromatic nitrogens is 1. The second kappa shape index (κ2) is 9.10. The van der Waals surface area contributed by atoms with Crippen molar-refractivity contribution >= 4 is 34.5 Å². The number of ether oxygens (including phenoxy) is 1. The van der Waals surface area contributed by atoms with Gasteiger partial charge in [0.1, 0.15) is 17.2 Å². The number of carbonyl (C=O) groups excluding carboxylic acids is 1. The maximum absolute atomic E-state index is 13.8. The molecule has 0 spiro atoms. The van der Waals surface area contributed by atoms with Crippen molar-refractivity contribution in [1.29, 1.82) is 0 Å². The average molecular weight is 446 g/mol. The van der Waals surface area contributed by atoms with Crippen molar-refractivity contribution in [1.82, 2.24) is 10.1 Å². The van der Waals surface area contributed by atoms with Gasteiger partial charge in [-0.15, -0.1) is 11.3 Å². The Bertz CT molecular complexity index is 1020. The number of benzene rings is 1. The number of anilines is 1. The molecule has 0 radical (unpaired) electrons. The number of nitrogens with one attached hydrogen (secondary N) is 1. The van der Waals surface area contributed by atoms with Gasteiger partial charge in [-0.05, 0) is 50.5 Å². The van der Waals surface area contributed by atoms with Crippen LogP contribution in [0.25, 0.3) is 0 Å². The van der Waals surface area contributed by atoms with Crippen LogP contribution in [-0.4, -0.2) is 29.6 Å². The lowest BCUT2D eigenvalue weighted by Gasteiger charge is -2.37. The SMILES string of the molecule is COc1cccc(NC(C(=O)N2CCCCC2c2ccc(Cl)s2)c2cc(C)on2)c1. The summed E-state index contributed by atoms with van der Waals surface area (Å²) >= 11 is 7.71. The zero-order valence-corrected chi connectivity index (χ0v) is 18.5. The number of hydrogen-bond acceptors (Lipinski definition) is 6. The van der Waals surface area contributed by atoms with Crippen LogP contribution in [0.15, 0.2) is 47.0 Å². The largest absolute Gasteiger partial charge is 0.497 e. The summed E-state index contributed by atoms with van der Waals surface area (Å²) in [5.41, 5.74) is 1.34. The molecule has 8 heteroatoms. The number of amides is 1. The van der Waals surface area contributed by atoms with Crippen LogP contribution in [0, 0.1) is 6.92 Å². The second-order valence-electron chi connectivity index (χ2n) is 7.36. The molecule has 0 saturated carbocycles. The van der Waals surface area contributed by atoms with Gasteiger partial charge in [0.2, 0.25) is 0 Å². The minimum Gasteiger partial charge on any atom is -0.497 e. The Labute approximate surface area is 184 Å². The molecule has 30 heavy (non-hydrogen) atoms. The number of hydrogen-bond donors (Lipinski definition) is 1. The molecule has 1 aliphatic heterocycles. The quantitative estimate of drug-likeness (QED) is 0.533. The summed E-state index contributed by atoms with van der Waals surface area (Å²) in [5.74, 6) is 1.35. The predicted molar refractivity (Wildman–Crippen MR) is 118 cm³/mol. The first-order valence-electron chi connectivity index (χ1n) is 9.94. The number of halogens is 1. The lowest BCUT2D eigenvalue weighted by molar-refractivity contribution is -0.136. The van der Waals surface area contributed by atoms with E-state index in [1.54, 1.807) is 13.2 Å². The van der Waals surface area contributed by atoms with Gasteiger partial charge in [0.05, 0.1) is 17.5 Å². The number of thiophene rings is 1. The Morgan fingerprint density at radius 2 is 2.20 bits per heavy atom. The minimum atomic E-state index is -0.661. The van der Waals surface area contributed by atoms with Crippen LogP contribution in [0.4, 0.5) is 5.69 Å². The predicted octanol–water partition coefficient (Wildman–Crippen LogP) is 5.61. The molecule has 6 nitrogen and oxygen atoms in total. The Hall–Kier alpha value is -2.51. The molecular weight excluding hydrogens is 422 g/mol. The number of likely N-dealkylation sites (tertiary alicyclic amines) is 1. The third-order valence-corrected chi connectivity index (χ3v) is 6.61. The summed E-state index contributed by atoms with van der Waals surface area (Å²) in [5, 5.41) is 7.48. The molecule has 1 N–H and O–H groups in total. The number of rotatable bonds is 6. The van der Waals surface area contributed by atoms with Crippen molar-refractivity contribution in [2.24, 2.45) is 0 Å². The number of methoxy groups -OCH3 is 1. The summed E-state index contributed by atoms with van der Waals surface area (Å²) in [6, 6.07) is 12.6. The van der Waals surface area contributed by atoms with Crippen molar-refractivity contribution in [3.8, 4) is 5.75 Å². The van der Waals surface area contributed by atoms with E-state index in [0.29, 0.717) is 23.7 Å². The first-order valence-corrected chi connectivity index (χ1v) is 11.1. The Morgan fingerprint density at radius 3 is 2.90 bits per heavy atom. The van der Waals surface area contributed by atoms with Crippen molar-refractivity contribution in [3.05, 3.63) is 63.1 Å². The second-order valence-corrected chi connectivity index (χ2v) is 9.10. The molecule has 1 aromatic carbocycles. The van der Waals surface area contributed by atoms with Gasteiger partial charge in [0.25, 0.3) is 5.91 Å². The normalized spacial score (nSPS) is 17.6. The molecule has 1 amide bonds. The minimum absolute atomic E-state index is 0.0198. The molecule has 4 rings (SSSR count). The number of aryl methyl sites for hydroxylation is 1. The molecule has 0 aliphatic carbocycles. The summed E-state index contributed by atoms with van der Waals surface area (Å²) in [4.78, 5) is 16.8. The highest BCUT2D eigenvalue weighted by molar-refractivity contribution is 7.16. The van der Waals surface area contributed by atoms with Crippen LogP contribution in [-0.2, 0) is 4.79 Å². The van der Waals surface area contributed by atoms with Gasteiger partial charge in [-0.25, -0.2) is 0 Å². The fourth-order valence-electron chi connectivity index (χ4n) is 3.83. The van der Waals surface area contributed by atoms with Crippen LogP contribution in [0.5, 0.6) is 5.75 Å². The third kappa shape index (κ3) is 4.47. The third-order valence-electron chi connectivity index (χ3n) is 5.28. The topological polar surface area (TPSA) is 67.6 Å². The van der Waals surface area contributed by atoms with Crippen LogP contribution in [0.1, 0.15) is 47.7 Å². The molecule has 3 heterocycles. The van der Waals surface area contributed by atoms with E-state index in [2.05, 4.69) is 10.5 Å². The number of piperidine rings is 1. The van der Waals surface area contributed by atoms with Gasteiger partial charge >= 0.3 is 0 Å². The maximum Gasteiger partial charge on any atom is 0.252 e. The van der Waals surface area contributed by atoms with Crippen molar-refractivity contribution < 1.29 is 14.1 Å². The molecule has 1 aliphatic rings. The molecule has 3 aromatic rings. The summed E-state index contributed by atoms with van der Waals surface area (Å²) < 4.78 is 11.3. The molecule has 158 valence electrons. The summed E-state index contributed by atoms with van der Waals surface area (Å²) in [6.07, 6.45) is 2.98. The van der Waals surface area contributed by atoms with E-state index in [-0.39, 0.29) is 11.9 Å². The molecule has 0 bridgehead atoms. The van der Waals surface area contributed by atoms with E-state index in [0.717, 1.165) is 34.2 Å². The van der Waals surface area contributed by atoms with E-state index in [1.165, 1.54) is 11.3 Å². The smallest absolute Gasteiger partial charge is 0.252 e. The molecule has 2 atom stereocenters. The van der Waals surface area contributed by atoms with Crippen LogP contribution in [0.3, 0.4) is 0 Å². The van der Waals surface area contributed by atoms with Gasteiger partial charge in [-0.3, -0.25) is 4.79 Å². The van der Waals surface area contributed by atoms with Gasteiger partial charge in [-0.1, -0.05) is 22.8 Å². The lowest BCUT2D eigenvalue weighted by atomic mass is 9.99. The van der Waals surface area contributed by atoms with Gasteiger partial charge in [0, 0.05) is 29.2 Å². The van der Waals surface area contributed by atoms with Gasteiger partial charge in [-0.2, -0.15) is 0 Å². The first kappa shape index (κ1) is 20.8. The van der Waals surface area contributed by atoms with Crippen LogP contribution < -0.4 is 10.1 Å². The highest BCUT2D eigenvalue weighted by Gasteiger charge is 2.35. The average Bonchev–Trinajstić information content (AvgIpc) is 3.40. The highest BCUT2D eigenvalue weighted by atomic mass is 35.5. The van der Waals surface area contributed by atoms with E-state index in [9.17, 15) is 4.79 Å². The molecule has 1 saturated heterocycles. The van der Waals surface area contributed by atoms with Gasteiger partial charge < -0.3 is 19.5 Å².